The van der Waals surface area contributed by atoms with Gasteiger partial charge in [0.05, 0.1) is 13.2 Å². The Bertz CT molecular complexity index is 392. The molecule has 2 aliphatic rings. The molecule has 0 aromatic heterocycles. The largest absolute Gasteiger partial charge is 0.380 e. The third-order valence-electron chi connectivity index (χ3n) is 4.56. The van der Waals surface area contributed by atoms with Crippen molar-refractivity contribution in [2.24, 2.45) is 5.73 Å². The van der Waals surface area contributed by atoms with Gasteiger partial charge < -0.3 is 10.5 Å². The predicted octanol–water partition coefficient (Wildman–Crippen LogP) is 2.57. The standard InChI is InChI=1S/C15H21NO/c16-11-15(7-3-4-8-15)14-6-2-1-5-13(14)12-9-17-10-12/h1-2,5-6,12H,3-4,7-11,16H2. The van der Waals surface area contributed by atoms with Crippen molar-refractivity contribution in [3.8, 4) is 0 Å². The van der Waals surface area contributed by atoms with Crippen LogP contribution in [0.3, 0.4) is 0 Å². The number of nitrogens with two attached hydrogens (primary N) is 1. The summed E-state index contributed by atoms with van der Waals surface area (Å²) in [5.41, 5.74) is 9.35. The van der Waals surface area contributed by atoms with Gasteiger partial charge in [0.2, 0.25) is 0 Å². The van der Waals surface area contributed by atoms with Gasteiger partial charge in [0, 0.05) is 17.9 Å². The van der Waals surface area contributed by atoms with E-state index in [0.717, 1.165) is 19.8 Å². The molecule has 1 aliphatic heterocycles. The Labute approximate surface area is 103 Å². The Kier molecular flexibility index (Phi) is 2.93. The fourth-order valence-electron chi connectivity index (χ4n) is 3.39. The molecule has 1 aromatic carbocycles. The first-order valence-corrected chi connectivity index (χ1v) is 6.73. The van der Waals surface area contributed by atoms with Gasteiger partial charge in [-0.25, -0.2) is 0 Å². The Balaban J connectivity index is 2.00. The van der Waals surface area contributed by atoms with E-state index in [0.29, 0.717) is 5.92 Å². The lowest BCUT2D eigenvalue weighted by molar-refractivity contribution is 0.00766. The lowest BCUT2D eigenvalue weighted by Gasteiger charge is -2.35. The summed E-state index contributed by atoms with van der Waals surface area (Å²) in [6.45, 7) is 2.56. The van der Waals surface area contributed by atoms with Gasteiger partial charge in [0.25, 0.3) is 0 Å². The summed E-state index contributed by atoms with van der Waals surface area (Å²) in [5.74, 6) is 0.607. The zero-order valence-corrected chi connectivity index (χ0v) is 10.3. The van der Waals surface area contributed by atoms with Crippen molar-refractivity contribution in [3.05, 3.63) is 35.4 Å². The number of ether oxygens (including phenoxy) is 1. The quantitative estimate of drug-likeness (QED) is 0.867. The summed E-state index contributed by atoms with van der Waals surface area (Å²) >= 11 is 0. The highest BCUT2D eigenvalue weighted by Gasteiger charge is 2.37. The number of rotatable bonds is 3. The molecule has 1 aliphatic carbocycles. The molecule has 1 saturated carbocycles. The molecule has 1 saturated heterocycles. The Morgan fingerprint density at radius 1 is 1.18 bits per heavy atom. The maximum atomic E-state index is 6.10. The molecule has 0 radical (unpaired) electrons. The van der Waals surface area contributed by atoms with Gasteiger partial charge in [0.1, 0.15) is 0 Å². The molecule has 1 heterocycles. The van der Waals surface area contributed by atoms with Crippen molar-refractivity contribution in [2.45, 2.75) is 37.0 Å². The van der Waals surface area contributed by atoms with Crippen LogP contribution >= 0.6 is 0 Å². The highest BCUT2D eigenvalue weighted by molar-refractivity contribution is 5.39. The van der Waals surface area contributed by atoms with Crippen molar-refractivity contribution in [1.82, 2.24) is 0 Å². The van der Waals surface area contributed by atoms with Crippen molar-refractivity contribution in [1.29, 1.82) is 0 Å². The van der Waals surface area contributed by atoms with Crippen LogP contribution in [-0.4, -0.2) is 19.8 Å². The maximum absolute atomic E-state index is 6.10. The van der Waals surface area contributed by atoms with E-state index in [1.54, 1.807) is 0 Å². The Morgan fingerprint density at radius 3 is 2.47 bits per heavy atom. The molecule has 2 nitrogen and oxygen atoms in total. The molecule has 2 heteroatoms. The molecular weight excluding hydrogens is 210 g/mol. The van der Waals surface area contributed by atoms with Gasteiger partial charge in [0.15, 0.2) is 0 Å². The Morgan fingerprint density at radius 2 is 1.88 bits per heavy atom. The van der Waals surface area contributed by atoms with Gasteiger partial charge in [-0.2, -0.15) is 0 Å². The van der Waals surface area contributed by atoms with Crippen LogP contribution in [0.5, 0.6) is 0 Å². The third kappa shape index (κ3) is 1.80. The molecule has 2 N–H and O–H groups in total. The van der Waals surface area contributed by atoms with Crippen LogP contribution in [0.4, 0.5) is 0 Å². The number of hydrogen-bond acceptors (Lipinski definition) is 2. The minimum absolute atomic E-state index is 0.256. The first-order valence-electron chi connectivity index (χ1n) is 6.73. The summed E-state index contributed by atoms with van der Waals surface area (Å²) in [7, 11) is 0. The van der Waals surface area contributed by atoms with Crippen LogP contribution in [0, 0.1) is 0 Å². The van der Waals surface area contributed by atoms with E-state index in [4.69, 9.17) is 10.5 Å². The molecule has 1 aromatic rings. The molecule has 0 amide bonds. The van der Waals surface area contributed by atoms with Crippen LogP contribution in [-0.2, 0) is 10.2 Å². The average Bonchev–Trinajstić information content (AvgIpc) is 2.77. The van der Waals surface area contributed by atoms with Crippen molar-refractivity contribution < 1.29 is 4.74 Å². The van der Waals surface area contributed by atoms with Gasteiger partial charge >= 0.3 is 0 Å². The van der Waals surface area contributed by atoms with Gasteiger partial charge in [-0.15, -0.1) is 0 Å². The van der Waals surface area contributed by atoms with Crippen molar-refractivity contribution >= 4 is 0 Å². The molecule has 3 rings (SSSR count). The van der Waals surface area contributed by atoms with E-state index in [1.165, 1.54) is 36.8 Å². The number of benzene rings is 1. The van der Waals surface area contributed by atoms with Crippen LogP contribution in [0.15, 0.2) is 24.3 Å². The van der Waals surface area contributed by atoms with E-state index in [2.05, 4.69) is 24.3 Å². The molecule has 92 valence electrons. The fourth-order valence-corrected chi connectivity index (χ4v) is 3.39. The van der Waals surface area contributed by atoms with Crippen molar-refractivity contribution in [2.75, 3.05) is 19.8 Å². The molecule has 0 bridgehead atoms. The van der Waals surface area contributed by atoms with Crippen molar-refractivity contribution in [3.63, 3.8) is 0 Å². The molecule has 0 atom stereocenters. The van der Waals surface area contributed by atoms with E-state index in [-0.39, 0.29) is 5.41 Å². The summed E-state index contributed by atoms with van der Waals surface area (Å²) in [6.07, 6.45) is 5.17. The van der Waals surface area contributed by atoms with Gasteiger partial charge in [-0.3, -0.25) is 0 Å². The first kappa shape index (κ1) is 11.2. The average molecular weight is 231 g/mol. The smallest absolute Gasteiger partial charge is 0.0557 e. The van der Waals surface area contributed by atoms with E-state index in [1.807, 2.05) is 0 Å². The summed E-state index contributed by atoms with van der Waals surface area (Å²) in [6, 6.07) is 8.88. The third-order valence-corrected chi connectivity index (χ3v) is 4.56. The van der Waals surface area contributed by atoms with Crippen LogP contribution in [0.25, 0.3) is 0 Å². The number of hydrogen-bond donors (Lipinski definition) is 1. The second kappa shape index (κ2) is 4.43. The zero-order chi connectivity index (χ0) is 11.7. The second-order valence-corrected chi connectivity index (χ2v) is 5.51. The monoisotopic (exact) mass is 231 g/mol. The topological polar surface area (TPSA) is 35.2 Å². The zero-order valence-electron chi connectivity index (χ0n) is 10.3. The minimum Gasteiger partial charge on any atom is -0.380 e. The normalized spacial score (nSPS) is 23.6. The SMILES string of the molecule is NCC1(c2ccccc2C2COC2)CCCC1. The lowest BCUT2D eigenvalue weighted by atomic mass is 9.74. The second-order valence-electron chi connectivity index (χ2n) is 5.51. The predicted molar refractivity (Wildman–Crippen MR) is 69.2 cm³/mol. The molecular formula is C15H21NO. The summed E-state index contributed by atoms with van der Waals surface area (Å²) < 4.78 is 5.34. The molecule has 0 unspecified atom stereocenters. The van der Waals surface area contributed by atoms with Gasteiger partial charge in [-0.05, 0) is 24.0 Å². The van der Waals surface area contributed by atoms with Gasteiger partial charge in [-0.1, -0.05) is 37.1 Å². The lowest BCUT2D eigenvalue weighted by Crippen LogP contribution is -2.35. The molecule has 2 fully saturated rings. The highest BCUT2D eigenvalue weighted by atomic mass is 16.5. The van der Waals surface area contributed by atoms with Crippen LogP contribution in [0.1, 0.15) is 42.7 Å². The van der Waals surface area contributed by atoms with E-state index < -0.39 is 0 Å². The van der Waals surface area contributed by atoms with Crippen LogP contribution in [0.2, 0.25) is 0 Å². The Hall–Kier alpha value is -0.860. The fraction of sp³-hybridized carbons (Fsp3) is 0.600. The molecule has 0 spiro atoms. The summed E-state index contributed by atoms with van der Waals surface area (Å²) in [4.78, 5) is 0. The summed E-state index contributed by atoms with van der Waals surface area (Å²) in [5, 5.41) is 0. The minimum atomic E-state index is 0.256. The maximum Gasteiger partial charge on any atom is 0.0557 e. The first-order chi connectivity index (χ1) is 8.36. The van der Waals surface area contributed by atoms with E-state index in [9.17, 15) is 0 Å². The molecule has 17 heavy (non-hydrogen) atoms. The van der Waals surface area contributed by atoms with E-state index >= 15 is 0 Å². The van der Waals surface area contributed by atoms with Crippen LogP contribution < -0.4 is 5.73 Å². The highest BCUT2D eigenvalue weighted by Crippen LogP contribution is 2.44.